The van der Waals surface area contributed by atoms with Gasteiger partial charge in [0, 0.05) is 0 Å². The van der Waals surface area contributed by atoms with E-state index in [0.717, 1.165) is 38.9 Å². The molecule has 0 rings (SSSR count). The molecule has 0 fully saturated rings. The first kappa shape index (κ1) is 13.4. The highest BCUT2D eigenvalue weighted by Crippen LogP contribution is 2.09. The number of nitriles is 1. The summed E-state index contributed by atoms with van der Waals surface area (Å²) >= 11 is 0. The number of nitrogens with two attached hydrogens (primary N) is 1. The minimum Gasteiger partial charge on any atom is -0.314 e. The lowest BCUT2D eigenvalue weighted by Gasteiger charge is -2.19. The summed E-state index contributed by atoms with van der Waals surface area (Å²) in [6, 6.07) is 2.12. The van der Waals surface area contributed by atoms with Gasteiger partial charge in [-0.05, 0) is 45.8 Å². The quantitative estimate of drug-likeness (QED) is 0.632. The Labute approximate surface area is 87.9 Å². The summed E-state index contributed by atoms with van der Waals surface area (Å²) in [5.41, 5.74) is 5.09. The Kier molecular flexibility index (Phi) is 6.52. The summed E-state index contributed by atoms with van der Waals surface area (Å²) in [5.74, 6) is 0. The fourth-order valence-electron chi connectivity index (χ4n) is 1.42. The summed E-state index contributed by atoms with van der Waals surface area (Å²) < 4.78 is 0. The van der Waals surface area contributed by atoms with Crippen LogP contribution in [-0.4, -0.2) is 30.1 Å². The molecule has 0 aliphatic carbocycles. The molecule has 0 aromatic heterocycles. The van der Waals surface area contributed by atoms with Crippen LogP contribution in [0.1, 0.15) is 40.0 Å². The first-order valence-electron chi connectivity index (χ1n) is 5.48. The zero-order chi connectivity index (χ0) is 11.0. The minimum atomic E-state index is -0.636. The van der Waals surface area contributed by atoms with Crippen LogP contribution >= 0.6 is 0 Å². The highest BCUT2D eigenvalue weighted by molar-refractivity contribution is 5.00. The predicted octanol–water partition coefficient (Wildman–Crippen LogP) is 1.74. The summed E-state index contributed by atoms with van der Waals surface area (Å²) in [4.78, 5) is 2.39. The largest absolute Gasteiger partial charge is 0.314 e. The van der Waals surface area contributed by atoms with E-state index in [4.69, 9.17) is 11.0 Å². The molecule has 3 heteroatoms. The SMILES string of the molecule is CCN(CC)CCCCC(C)(N)C#N. The molecule has 0 saturated carbocycles. The first-order valence-corrected chi connectivity index (χ1v) is 5.48. The van der Waals surface area contributed by atoms with Crippen molar-refractivity contribution in [3.63, 3.8) is 0 Å². The number of unbranched alkanes of at least 4 members (excludes halogenated alkanes) is 1. The molecule has 0 aromatic carbocycles. The van der Waals surface area contributed by atoms with E-state index in [9.17, 15) is 0 Å². The summed E-state index contributed by atoms with van der Waals surface area (Å²) in [5, 5.41) is 8.71. The van der Waals surface area contributed by atoms with Crippen LogP contribution < -0.4 is 5.73 Å². The Morgan fingerprint density at radius 1 is 1.29 bits per heavy atom. The molecule has 0 amide bonds. The molecule has 0 saturated heterocycles. The van der Waals surface area contributed by atoms with Gasteiger partial charge in [0.1, 0.15) is 5.54 Å². The van der Waals surface area contributed by atoms with E-state index in [1.54, 1.807) is 6.92 Å². The molecule has 0 aliphatic rings. The lowest BCUT2D eigenvalue weighted by atomic mass is 9.98. The van der Waals surface area contributed by atoms with Crippen LogP contribution in [0.4, 0.5) is 0 Å². The van der Waals surface area contributed by atoms with E-state index < -0.39 is 5.54 Å². The maximum absolute atomic E-state index is 8.71. The van der Waals surface area contributed by atoms with E-state index in [2.05, 4.69) is 24.8 Å². The molecule has 3 nitrogen and oxygen atoms in total. The Balaban J connectivity index is 3.52. The van der Waals surface area contributed by atoms with Crippen molar-refractivity contribution in [2.75, 3.05) is 19.6 Å². The van der Waals surface area contributed by atoms with Crippen LogP contribution in [0.15, 0.2) is 0 Å². The van der Waals surface area contributed by atoms with Gasteiger partial charge in [0.2, 0.25) is 0 Å². The standard InChI is InChI=1S/C11H23N3/c1-4-14(5-2)9-7-6-8-11(3,13)10-12/h4-9,13H2,1-3H3. The Hall–Kier alpha value is -0.590. The van der Waals surface area contributed by atoms with Gasteiger partial charge in [-0.25, -0.2) is 0 Å². The van der Waals surface area contributed by atoms with Crippen molar-refractivity contribution in [2.24, 2.45) is 5.73 Å². The second-order valence-electron chi connectivity index (χ2n) is 4.01. The van der Waals surface area contributed by atoms with E-state index in [0.29, 0.717) is 0 Å². The molecular weight excluding hydrogens is 174 g/mol. The zero-order valence-electron chi connectivity index (χ0n) is 9.71. The fourth-order valence-corrected chi connectivity index (χ4v) is 1.42. The Morgan fingerprint density at radius 3 is 2.29 bits per heavy atom. The molecule has 0 spiro atoms. The third-order valence-corrected chi connectivity index (χ3v) is 2.57. The van der Waals surface area contributed by atoms with Crippen molar-refractivity contribution >= 4 is 0 Å². The van der Waals surface area contributed by atoms with Gasteiger partial charge in [0.15, 0.2) is 0 Å². The summed E-state index contributed by atoms with van der Waals surface area (Å²) in [6.45, 7) is 9.47. The third-order valence-electron chi connectivity index (χ3n) is 2.57. The molecular formula is C11H23N3. The van der Waals surface area contributed by atoms with Crippen molar-refractivity contribution < 1.29 is 0 Å². The van der Waals surface area contributed by atoms with E-state index >= 15 is 0 Å². The van der Waals surface area contributed by atoms with E-state index in [1.807, 2.05) is 0 Å². The van der Waals surface area contributed by atoms with Crippen LogP contribution in [0.2, 0.25) is 0 Å². The summed E-state index contributed by atoms with van der Waals surface area (Å²) in [6.07, 6.45) is 2.97. The predicted molar refractivity (Wildman–Crippen MR) is 59.8 cm³/mol. The van der Waals surface area contributed by atoms with Crippen molar-refractivity contribution in [1.29, 1.82) is 5.26 Å². The van der Waals surface area contributed by atoms with Crippen LogP contribution in [0.3, 0.4) is 0 Å². The van der Waals surface area contributed by atoms with Gasteiger partial charge in [-0.15, -0.1) is 0 Å². The van der Waals surface area contributed by atoms with E-state index in [1.165, 1.54) is 0 Å². The van der Waals surface area contributed by atoms with Gasteiger partial charge in [-0.2, -0.15) is 5.26 Å². The minimum absolute atomic E-state index is 0.636. The monoisotopic (exact) mass is 197 g/mol. The third kappa shape index (κ3) is 5.95. The van der Waals surface area contributed by atoms with Crippen LogP contribution in [0, 0.1) is 11.3 Å². The Bertz CT molecular complexity index is 177. The number of hydrogen-bond acceptors (Lipinski definition) is 3. The van der Waals surface area contributed by atoms with Gasteiger partial charge < -0.3 is 10.6 Å². The maximum atomic E-state index is 8.71. The van der Waals surface area contributed by atoms with Crippen molar-refractivity contribution in [1.82, 2.24) is 4.90 Å². The normalized spacial score (nSPS) is 15.1. The van der Waals surface area contributed by atoms with Gasteiger partial charge in [0.25, 0.3) is 0 Å². The summed E-state index contributed by atoms with van der Waals surface area (Å²) in [7, 11) is 0. The van der Waals surface area contributed by atoms with E-state index in [-0.39, 0.29) is 0 Å². The van der Waals surface area contributed by atoms with Crippen molar-refractivity contribution in [3.8, 4) is 6.07 Å². The molecule has 0 bridgehead atoms. The lowest BCUT2D eigenvalue weighted by molar-refractivity contribution is 0.292. The molecule has 2 N–H and O–H groups in total. The van der Waals surface area contributed by atoms with Crippen molar-refractivity contribution in [2.45, 2.75) is 45.6 Å². The van der Waals surface area contributed by atoms with Gasteiger partial charge >= 0.3 is 0 Å². The molecule has 1 unspecified atom stereocenters. The average molecular weight is 197 g/mol. The second-order valence-corrected chi connectivity index (χ2v) is 4.01. The van der Waals surface area contributed by atoms with Crippen LogP contribution in [-0.2, 0) is 0 Å². The molecule has 0 aliphatic heterocycles. The van der Waals surface area contributed by atoms with Crippen molar-refractivity contribution in [3.05, 3.63) is 0 Å². The average Bonchev–Trinajstić information content (AvgIpc) is 2.18. The molecule has 82 valence electrons. The number of rotatable bonds is 7. The molecule has 0 aromatic rings. The zero-order valence-corrected chi connectivity index (χ0v) is 9.71. The van der Waals surface area contributed by atoms with Crippen LogP contribution in [0.5, 0.6) is 0 Å². The molecule has 1 atom stereocenters. The number of nitrogens with zero attached hydrogens (tertiary/aromatic N) is 2. The smallest absolute Gasteiger partial charge is 0.101 e. The lowest BCUT2D eigenvalue weighted by Crippen LogP contribution is -2.34. The van der Waals surface area contributed by atoms with Gasteiger partial charge in [0.05, 0.1) is 6.07 Å². The Morgan fingerprint density at radius 2 is 1.86 bits per heavy atom. The van der Waals surface area contributed by atoms with Gasteiger partial charge in [-0.1, -0.05) is 13.8 Å². The molecule has 0 radical (unpaired) electrons. The highest BCUT2D eigenvalue weighted by atomic mass is 15.1. The first-order chi connectivity index (χ1) is 6.55. The van der Waals surface area contributed by atoms with Crippen LogP contribution in [0.25, 0.3) is 0 Å². The molecule has 14 heavy (non-hydrogen) atoms. The molecule has 0 heterocycles. The fraction of sp³-hybridized carbons (Fsp3) is 0.909. The topological polar surface area (TPSA) is 53.0 Å². The highest BCUT2D eigenvalue weighted by Gasteiger charge is 2.15. The second kappa shape index (κ2) is 6.80. The number of hydrogen-bond donors (Lipinski definition) is 1. The van der Waals surface area contributed by atoms with Gasteiger partial charge in [-0.3, -0.25) is 0 Å². The maximum Gasteiger partial charge on any atom is 0.101 e.